The molecule has 0 saturated heterocycles. The van der Waals surface area contributed by atoms with Crippen molar-refractivity contribution in [2.45, 2.75) is 19.4 Å². The highest BCUT2D eigenvalue weighted by molar-refractivity contribution is 6.30. The minimum absolute atomic E-state index is 0.0691. The van der Waals surface area contributed by atoms with Crippen LogP contribution >= 0.6 is 11.6 Å². The number of phenolic OH excluding ortho intramolecular Hbond substituents is 2. The lowest BCUT2D eigenvalue weighted by Crippen LogP contribution is -2.41. The van der Waals surface area contributed by atoms with E-state index < -0.39 is 11.6 Å². The molecule has 6 nitrogen and oxygen atoms in total. The fourth-order valence-corrected chi connectivity index (χ4v) is 3.67. The van der Waals surface area contributed by atoms with Gasteiger partial charge in [-0.2, -0.15) is 0 Å². The summed E-state index contributed by atoms with van der Waals surface area (Å²) in [5, 5.41) is 20.1. The molecule has 0 fully saturated rings. The molecular formula is C31H25ClO6. The van der Waals surface area contributed by atoms with Crippen LogP contribution in [0.3, 0.4) is 0 Å². The standard InChI is InChI=1S/C31H25ClO6/c1-31(2,38-27-15-9-23(10-16-27)29(35)22-7-11-24(32)12-8-22)30(36)37-28-18-21(17-26(34)19-28)4-3-20-5-13-25(33)14-6-20/h3-19,33-34H,1-2H3/b4-3+. The fraction of sp³-hybridized carbons (Fsp3) is 0.0968. The van der Waals surface area contributed by atoms with Gasteiger partial charge in [0.2, 0.25) is 5.60 Å². The summed E-state index contributed by atoms with van der Waals surface area (Å²) in [6.07, 6.45) is 3.55. The number of halogens is 1. The Kier molecular flexibility index (Phi) is 7.84. The first-order valence-corrected chi connectivity index (χ1v) is 12.1. The molecule has 0 saturated carbocycles. The number of ether oxygens (including phenoxy) is 2. The van der Waals surface area contributed by atoms with E-state index in [4.69, 9.17) is 21.1 Å². The Hall–Kier alpha value is -4.55. The zero-order valence-corrected chi connectivity index (χ0v) is 21.5. The number of hydrogen-bond donors (Lipinski definition) is 2. The van der Waals surface area contributed by atoms with Crippen LogP contribution in [0.1, 0.15) is 40.9 Å². The van der Waals surface area contributed by atoms with E-state index in [0.717, 1.165) is 5.56 Å². The number of rotatable bonds is 8. The third kappa shape index (κ3) is 6.81. The summed E-state index contributed by atoms with van der Waals surface area (Å²) in [4.78, 5) is 25.6. The van der Waals surface area contributed by atoms with Crippen molar-refractivity contribution in [1.82, 2.24) is 0 Å². The second-order valence-corrected chi connectivity index (χ2v) is 9.48. The maximum atomic E-state index is 12.9. The average Bonchev–Trinajstić information content (AvgIpc) is 2.88. The maximum absolute atomic E-state index is 12.9. The summed E-state index contributed by atoms with van der Waals surface area (Å²) < 4.78 is 11.4. The molecule has 4 aromatic carbocycles. The van der Waals surface area contributed by atoms with Crippen LogP contribution in [0, 0.1) is 0 Å². The summed E-state index contributed by atoms with van der Waals surface area (Å²) >= 11 is 5.89. The number of ketones is 1. The second kappa shape index (κ2) is 11.2. The van der Waals surface area contributed by atoms with E-state index in [0.29, 0.717) is 27.5 Å². The monoisotopic (exact) mass is 528 g/mol. The molecule has 192 valence electrons. The van der Waals surface area contributed by atoms with Gasteiger partial charge in [-0.15, -0.1) is 0 Å². The van der Waals surface area contributed by atoms with E-state index in [2.05, 4.69) is 0 Å². The van der Waals surface area contributed by atoms with Crippen LogP contribution in [0.5, 0.6) is 23.0 Å². The van der Waals surface area contributed by atoms with Crippen LogP contribution < -0.4 is 9.47 Å². The van der Waals surface area contributed by atoms with Crippen molar-refractivity contribution in [1.29, 1.82) is 0 Å². The Labute approximate surface area is 225 Å². The molecule has 0 aliphatic heterocycles. The lowest BCUT2D eigenvalue weighted by molar-refractivity contribution is -0.149. The molecule has 0 unspecified atom stereocenters. The van der Waals surface area contributed by atoms with Gasteiger partial charge < -0.3 is 19.7 Å². The maximum Gasteiger partial charge on any atom is 0.355 e. The van der Waals surface area contributed by atoms with E-state index in [-0.39, 0.29) is 23.0 Å². The Morgan fingerprint density at radius 1 is 0.711 bits per heavy atom. The molecule has 0 spiro atoms. The highest BCUT2D eigenvalue weighted by Crippen LogP contribution is 2.27. The van der Waals surface area contributed by atoms with Gasteiger partial charge >= 0.3 is 5.97 Å². The predicted molar refractivity (Wildman–Crippen MR) is 147 cm³/mol. The Balaban J connectivity index is 1.42. The number of esters is 1. The third-order valence-corrected chi connectivity index (χ3v) is 5.82. The molecule has 0 aliphatic rings. The van der Waals surface area contributed by atoms with Crippen LogP contribution in [0.2, 0.25) is 5.02 Å². The van der Waals surface area contributed by atoms with Gasteiger partial charge in [0.15, 0.2) is 5.78 Å². The van der Waals surface area contributed by atoms with Gasteiger partial charge in [0, 0.05) is 22.2 Å². The topological polar surface area (TPSA) is 93.1 Å². The molecule has 0 radical (unpaired) electrons. The van der Waals surface area contributed by atoms with Crippen molar-refractivity contribution >= 4 is 35.5 Å². The summed E-state index contributed by atoms with van der Waals surface area (Å²) in [5.41, 5.74) is 1.07. The lowest BCUT2D eigenvalue weighted by Gasteiger charge is -2.24. The lowest BCUT2D eigenvalue weighted by atomic mass is 10.0. The highest BCUT2D eigenvalue weighted by atomic mass is 35.5. The molecule has 4 aromatic rings. The molecule has 38 heavy (non-hydrogen) atoms. The normalized spacial score (nSPS) is 11.3. The van der Waals surface area contributed by atoms with Gasteiger partial charge in [-0.3, -0.25) is 4.79 Å². The molecular weight excluding hydrogens is 504 g/mol. The van der Waals surface area contributed by atoms with Crippen molar-refractivity contribution in [2.75, 3.05) is 0 Å². The van der Waals surface area contributed by atoms with Crippen molar-refractivity contribution in [3.63, 3.8) is 0 Å². The zero-order valence-electron chi connectivity index (χ0n) is 20.7. The van der Waals surface area contributed by atoms with Gasteiger partial charge in [-0.1, -0.05) is 35.9 Å². The minimum Gasteiger partial charge on any atom is -0.508 e. The summed E-state index contributed by atoms with van der Waals surface area (Å²) in [5.74, 6) is -0.195. The van der Waals surface area contributed by atoms with Crippen molar-refractivity contribution in [3.05, 3.63) is 118 Å². The molecule has 0 bridgehead atoms. The number of phenols is 2. The molecule has 0 aromatic heterocycles. The van der Waals surface area contributed by atoms with E-state index >= 15 is 0 Å². The van der Waals surface area contributed by atoms with E-state index in [1.165, 1.54) is 12.1 Å². The summed E-state index contributed by atoms with van der Waals surface area (Å²) in [7, 11) is 0. The number of hydrogen-bond acceptors (Lipinski definition) is 6. The molecule has 4 rings (SSSR count). The van der Waals surface area contributed by atoms with Crippen LogP contribution in [-0.4, -0.2) is 27.6 Å². The smallest absolute Gasteiger partial charge is 0.355 e. The van der Waals surface area contributed by atoms with Gasteiger partial charge in [0.1, 0.15) is 23.0 Å². The zero-order chi connectivity index (χ0) is 27.3. The largest absolute Gasteiger partial charge is 0.508 e. The number of carbonyl (C=O) groups excluding carboxylic acids is 2. The number of benzene rings is 4. The van der Waals surface area contributed by atoms with Gasteiger partial charge in [-0.05, 0) is 97.8 Å². The van der Waals surface area contributed by atoms with E-state index in [1.54, 1.807) is 105 Å². The Morgan fingerprint density at radius 3 is 1.92 bits per heavy atom. The van der Waals surface area contributed by atoms with E-state index in [1.807, 2.05) is 0 Å². The van der Waals surface area contributed by atoms with Gasteiger partial charge in [-0.25, -0.2) is 4.79 Å². The van der Waals surface area contributed by atoms with Crippen molar-refractivity contribution < 1.29 is 29.3 Å². The van der Waals surface area contributed by atoms with Gasteiger partial charge in [0.25, 0.3) is 0 Å². The van der Waals surface area contributed by atoms with Gasteiger partial charge in [0.05, 0.1) is 0 Å². The summed E-state index contributed by atoms with van der Waals surface area (Å²) in [6, 6.07) is 24.2. The van der Waals surface area contributed by atoms with Crippen LogP contribution in [-0.2, 0) is 4.79 Å². The number of carbonyl (C=O) groups is 2. The predicted octanol–water partition coefficient (Wildman–Crippen LogP) is 6.92. The first-order chi connectivity index (χ1) is 18.1. The molecule has 0 atom stereocenters. The fourth-order valence-electron chi connectivity index (χ4n) is 3.55. The Bertz CT molecular complexity index is 1470. The molecule has 2 N–H and O–H groups in total. The third-order valence-electron chi connectivity index (χ3n) is 5.57. The van der Waals surface area contributed by atoms with Crippen LogP contribution in [0.4, 0.5) is 0 Å². The molecule has 7 heteroatoms. The molecule has 0 amide bonds. The summed E-state index contributed by atoms with van der Waals surface area (Å²) in [6.45, 7) is 3.13. The molecule has 0 aliphatic carbocycles. The second-order valence-electron chi connectivity index (χ2n) is 9.05. The van der Waals surface area contributed by atoms with Crippen LogP contribution in [0.25, 0.3) is 12.2 Å². The SMILES string of the molecule is CC(C)(Oc1ccc(C(=O)c2ccc(Cl)cc2)cc1)C(=O)Oc1cc(O)cc(/C=C/c2ccc(O)cc2)c1. The van der Waals surface area contributed by atoms with Crippen molar-refractivity contribution in [3.8, 4) is 23.0 Å². The first-order valence-electron chi connectivity index (χ1n) is 11.7. The van der Waals surface area contributed by atoms with Crippen molar-refractivity contribution in [2.24, 2.45) is 0 Å². The van der Waals surface area contributed by atoms with E-state index in [9.17, 15) is 19.8 Å². The Morgan fingerprint density at radius 2 is 1.29 bits per heavy atom. The quantitative estimate of drug-likeness (QED) is 0.112. The van der Waals surface area contributed by atoms with Crippen LogP contribution in [0.15, 0.2) is 91.0 Å². The minimum atomic E-state index is -1.37. The highest BCUT2D eigenvalue weighted by Gasteiger charge is 2.32. The average molecular weight is 529 g/mol. The number of aromatic hydroxyl groups is 2. The first kappa shape index (κ1) is 26.5. The molecule has 0 heterocycles.